The van der Waals surface area contributed by atoms with Crippen molar-refractivity contribution in [1.29, 1.82) is 0 Å². The third-order valence-corrected chi connectivity index (χ3v) is 2.03. The van der Waals surface area contributed by atoms with Gasteiger partial charge in [0.2, 0.25) is 0 Å². The first-order chi connectivity index (χ1) is 7.24. The maximum Gasteiger partial charge on any atom is 0.142 e. The highest BCUT2D eigenvalue weighted by atomic mass is 16.5. The Kier molecular flexibility index (Phi) is 5.12. The van der Waals surface area contributed by atoms with E-state index in [2.05, 4.69) is 31.1 Å². The summed E-state index contributed by atoms with van der Waals surface area (Å²) in [4.78, 5) is 4.07. The number of nitrogens with zero attached hydrogens (tertiary/aromatic N) is 1. The van der Waals surface area contributed by atoms with Crippen LogP contribution in [0.4, 0.5) is 0 Å². The minimum Gasteiger partial charge on any atom is -0.492 e. The number of nitrogens with one attached hydrogen (secondary N) is 1. The zero-order valence-corrected chi connectivity index (χ0v) is 9.79. The highest BCUT2D eigenvalue weighted by Crippen LogP contribution is 2.16. The number of pyridine rings is 1. The quantitative estimate of drug-likeness (QED) is 0.779. The zero-order valence-electron chi connectivity index (χ0n) is 9.79. The number of hydrogen-bond acceptors (Lipinski definition) is 3. The summed E-state index contributed by atoms with van der Waals surface area (Å²) in [5.74, 6) is 0.896. The molecule has 1 aromatic rings. The molecule has 1 N–H and O–H groups in total. The van der Waals surface area contributed by atoms with Crippen LogP contribution in [0.3, 0.4) is 0 Å². The molecule has 0 aromatic carbocycles. The van der Waals surface area contributed by atoms with Crippen molar-refractivity contribution in [2.24, 2.45) is 0 Å². The van der Waals surface area contributed by atoms with E-state index in [-0.39, 0.29) is 0 Å². The molecule has 0 saturated carbocycles. The SMILES string of the molecule is CCCOc1cnccc1CNC(C)C. The largest absolute Gasteiger partial charge is 0.492 e. The Morgan fingerprint density at radius 3 is 2.93 bits per heavy atom. The van der Waals surface area contributed by atoms with Crippen molar-refractivity contribution in [3.8, 4) is 5.75 Å². The van der Waals surface area contributed by atoms with Crippen LogP contribution < -0.4 is 10.1 Å². The minimum atomic E-state index is 0.484. The van der Waals surface area contributed by atoms with Crippen molar-refractivity contribution in [2.45, 2.75) is 39.8 Å². The molecule has 0 aliphatic carbocycles. The van der Waals surface area contributed by atoms with Gasteiger partial charge in [-0.2, -0.15) is 0 Å². The molecule has 0 saturated heterocycles. The van der Waals surface area contributed by atoms with E-state index in [0.29, 0.717) is 6.04 Å². The maximum absolute atomic E-state index is 5.62. The van der Waals surface area contributed by atoms with Crippen LogP contribution in [0.15, 0.2) is 18.5 Å². The molecule has 84 valence electrons. The number of aromatic nitrogens is 1. The number of ether oxygens (including phenoxy) is 1. The molecule has 0 unspecified atom stereocenters. The average molecular weight is 208 g/mol. The van der Waals surface area contributed by atoms with Gasteiger partial charge in [-0.3, -0.25) is 4.98 Å². The van der Waals surface area contributed by atoms with Crippen molar-refractivity contribution in [3.63, 3.8) is 0 Å². The second kappa shape index (κ2) is 6.40. The smallest absolute Gasteiger partial charge is 0.142 e. The summed E-state index contributed by atoms with van der Waals surface area (Å²) >= 11 is 0. The van der Waals surface area contributed by atoms with E-state index in [1.165, 1.54) is 5.56 Å². The van der Waals surface area contributed by atoms with Gasteiger partial charge >= 0.3 is 0 Å². The first-order valence-electron chi connectivity index (χ1n) is 5.53. The van der Waals surface area contributed by atoms with Crippen molar-refractivity contribution >= 4 is 0 Å². The Morgan fingerprint density at radius 2 is 2.27 bits per heavy atom. The lowest BCUT2D eigenvalue weighted by Crippen LogP contribution is -2.22. The molecule has 0 bridgehead atoms. The standard InChI is InChI=1S/C12H20N2O/c1-4-7-15-12-9-13-6-5-11(12)8-14-10(2)3/h5-6,9-10,14H,4,7-8H2,1-3H3. The zero-order chi connectivity index (χ0) is 11.1. The van der Waals surface area contributed by atoms with Gasteiger partial charge in [0.1, 0.15) is 5.75 Å². The van der Waals surface area contributed by atoms with Crippen molar-refractivity contribution in [2.75, 3.05) is 6.61 Å². The van der Waals surface area contributed by atoms with E-state index in [9.17, 15) is 0 Å². The Balaban J connectivity index is 2.59. The lowest BCUT2D eigenvalue weighted by Gasteiger charge is -2.12. The molecule has 3 nitrogen and oxygen atoms in total. The summed E-state index contributed by atoms with van der Waals surface area (Å²) in [7, 11) is 0. The van der Waals surface area contributed by atoms with E-state index in [1.807, 2.05) is 6.07 Å². The van der Waals surface area contributed by atoms with Gasteiger partial charge in [0.05, 0.1) is 12.8 Å². The third-order valence-electron chi connectivity index (χ3n) is 2.03. The molecule has 0 fully saturated rings. The number of rotatable bonds is 6. The summed E-state index contributed by atoms with van der Waals surface area (Å²) in [6.45, 7) is 7.95. The van der Waals surface area contributed by atoms with Gasteiger partial charge in [0.25, 0.3) is 0 Å². The molecular formula is C12H20N2O. The summed E-state index contributed by atoms with van der Waals surface area (Å²) in [5, 5.41) is 3.37. The molecule has 0 atom stereocenters. The Hall–Kier alpha value is -1.09. The molecule has 15 heavy (non-hydrogen) atoms. The van der Waals surface area contributed by atoms with Gasteiger partial charge in [-0.05, 0) is 12.5 Å². The second-order valence-corrected chi connectivity index (χ2v) is 3.87. The van der Waals surface area contributed by atoms with Crippen LogP contribution in [-0.4, -0.2) is 17.6 Å². The van der Waals surface area contributed by atoms with Crippen LogP contribution in [-0.2, 0) is 6.54 Å². The van der Waals surface area contributed by atoms with Crippen LogP contribution in [0.2, 0.25) is 0 Å². The molecule has 0 spiro atoms. The number of hydrogen-bond donors (Lipinski definition) is 1. The summed E-state index contributed by atoms with van der Waals surface area (Å²) in [5.41, 5.74) is 1.17. The second-order valence-electron chi connectivity index (χ2n) is 3.87. The normalized spacial score (nSPS) is 10.7. The van der Waals surface area contributed by atoms with Crippen LogP contribution in [0.5, 0.6) is 5.75 Å². The van der Waals surface area contributed by atoms with Crippen LogP contribution >= 0.6 is 0 Å². The molecule has 0 radical (unpaired) electrons. The van der Waals surface area contributed by atoms with E-state index in [0.717, 1.165) is 25.3 Å². The fourth-order valence-electron chi connectivity index (χ4n) is 1.21. The molecule has 0 amide bonds. The molecule has 1 aromatic heterocycles. The van der Waals surface area contributed by atoms with Crippen LogP contribution in [0.1, 0.15) is 32.8 Å². The highest BCUT2D eigenvalue weighted by molar-refractivity contribution is 5.29. The van der Waals surface area contributed by atoms with E-state index < -0.39 is 0 Å². The lowest BCUT2D eigenvalue weighted by atomic mass is 10.2. The van der Waals surface area contributed by atoms with Gasteiger partial charge in [-0.25, -0.2) is 0 Å². The molecule has 1 rings (SSSR count). The monoisotopic (exact) mass is 208 g/mol. The first-order valence-corrected chi connectivity index (χ1v) is 5.53. The van der Waals surface area contributed by atoms with Crippen LogP contribution in [0, 0.1) is 0 Å². The highest BCUT2D eigenvalue weighted by Gasteiger charge is 2.03. The topological polar surface area (TPSA) is 34.1 Å². The molecule has 0 aliphatic heterocycles. The fourth-order valence-corrected chi connectivity index (χ4v) is 1.21. The lowest BCUT2D eigenvalue weighted by molar-refractivity contribution is 0.311. The van der Waals surface area contributed by atoms with Gasteiger partial charge in [0, 0.05) is 24.3 Å². The maximum atomic E-state index is 5.62. The fraction of sp³-hybridized carbons (Fsp3) is 0.583. The predicted octanol–water partition coefficient (Wildman–Crippen LogP) is 2.37. The van der Waals surface area contributed by atoms with E-state index in [4.69, 9.17) is 4.74 Å². The van der Waals surface area contributed by atoms with Gasteiger partial charge in [0.15, 0.2) is 0 Å². The van der Waals surface area contributed by atoms with Crippen molar-refractivity contribution < 1.29 is 4.74 Å². The van der Waals surface area contributed by atoms with Crippen molar-refractivity contribution in [1.82, 2.24) is 10.3 Å². The first kappa shape index (κ1) is 12.0. The average Bonchev–Trinajstić information content (AvgIpc) is 2.24. The molecule has 3 heteroatoms. The summed E-state index contributed by atoms with van der Waals surface area (Å²) in [6.07, 6.45) is 4.61. The summed E-state index contributed by atoms with van der Waals surface area (Å²) in [6, 6.07) is 2.48. The predicted molar refractivity (Wildman–Crippen MR) is 62.0 cm³/mol. The van der Waals surface area contributed by atoms with Crippen molar-refractivity contribution in [3.05, 3.63) is 24.0 Å². The Labute approximate surface area is 91.9 Å². The molecule has 0 aliphatic rings. The van der Waals surface area contributed by atoms with Gasteiger partial charge < -0.3 is 10.1 Å². The Morgan fingerprint density at radius 1 is 1.47 bits per heavy atom. The molecular weight excluding hydrogens is 188 g/mol. The Bertz CT molecular complexity index is 287. The van der Waals surface area contributed by atoms with E-state index >= 15 is 0 Å². The van der Waals surface area contributed by atoms with Gasteiger partial charge in [-0.1, -0.05) is 20.8 Å². The summed E-state index contributed by atoms with van der Waals surface area (Å²) < 4.78 is 5.62. The van der Waals surface area contributed by atoms with E-state index in [1.54, 1.807) is 12.4 Å². The molecule has 1 heterocycles. The minimum absolute atomic E-state index is 0.484. The third kappa shape index (κ3) is 4.30. The van der Waals surface area contributed by atoms with Crippen LogP contribution in [0.25, 0.3) is 0 Å². The van der Waals surface area contributed by atoms with Gasteiger partial charge in [-0.15, -0.1) is 0 Å².